The molecule has 2 aromatic rings. The molecule has 0 aromatic heterocycles. The second-order valence-corrected chi connectivity index (χ2v) is 5.45. The number of hydrazone groups is 1. The fourth-order valence-electron chi connectivity index (χ4n) is 1.50. The van der Waals surface area contributed by atoms with Gasteiger partial charge in [-0.05, 0) is 35.9 Å². The number of nitrogens with zero attached hydrogens (tertiary/aromatic N) is 1. The van der Waals surface area contributed by atoms with Crippen LogP contribution in [0.1, 0.15) is 5.56 Å². The molecule has 2 aromatic carbocycles. The second kappa shape index (κ2) is 7.81. The first-order valence-corrected chi connectivity index (χ1v) is 7.26. The highest BCUT2D eigenvalue weighted by molar-refractivity contribution is 9.10. The molecule has 4 nitrogen and oxygen atoms in total. The monoisotopic (exact) mass is 366 g/mol. The van der Waals surface area contributed by atoms with Gasteiger partial charge >= 0.3 is 0 Å². The van der Waals surface area contributed by atoms with Gasteiger partial charge in [-0.15, -0.1) is 0 Å². The highest BCUT2D eigenvalue weighted by Crippen LogP contribution is 2.16. The van der Waals surface area contributed by atoms with Crippen molar-refractivity contribution in [2.45, 2.75) is 0 Å². The Bertz CT molecular complexity index is 662. The summed E-state index contributed by atoms with van der Waals surface area (Å²) in [6.45, 7) is -0.129. The Morgan fingerprint density at radius 2 is 2.10 bits per heavy atom. The number of rotatable bonds is 5. The van der Waals surface area contributed by atoms with E-state index in [1.807, 2.05) is 24.3 Å². The van der Waals surface area contributed by atoms with Crippen molar-refractivity contribution in [1.82, 2.24) is 5.43 Å². The van der Waals surface area contributed by atoms with E-state index in [1.165, 1.54) is 0 Å². The third kappa shape index (κ3) is 5.57. The molecule has 6 heteroatoms. The van der Waals surface area contributed by atoms with Gasteiger partial charge < -0.3 is 4.74 Å². The lowest BCUT2D eigenvalue weighted by Crippen LogP contribution is -2.24. The fourth-order valence-corrected chi connectivity index (χ4v) is 2.10. The highest BCUT2D eigenvalue weighted by atomic mass is 79.9. The summed E-state index contributed by atoms with van der Waals surface area (Å²) in [7, 11) is 0. The molecule has 0 unspecified atom stereocenters. The van der Waals surface area contributed by atoms with Crippen molar-refractivity contribution in [2.75, 3.05) is 6.61 Å². The molecule has 0 bridgehead atoms. The largest absolute Gasteiger partial charge is 0.484 e. The number of carbonyl (C=O) groups is 1. The van der Waals surface area contributed by atoms with Crippen LogP contribution in [0.15, 0.2) is 58.1 Å². The maximum Gasteiger partial charge on any atom is 0.277 e. The summed E-state index contributed by atoms with van der Waals surface area (Å²) in [5.41, 5.74) is 3.27. The molecule has 0 heterocycles. The zero-order valence-corrected chi connectivity index (χ0v) is 13.3. The summed E-state index contributed by atoms with van der Waals surface area (Å²) in [6.07, 6.45) is 1.56. The standard InChI is InChI=1S/C15H12BrClN2O2/c16-12-4-1-3-11(7-12)9-18-19-15(20)10-21-14-6-2-5-13(17)8-14/h1-9H,10H2,(H,19,20). The molecule has 0 aliphatic rings. The van der Waals surface area contributed by atoms with Crippen LogP contribution in [0.25, 0.3) is 0 Å². The number of halogens is 2. The van der Waals surface area contributed by atoms with Gasteiger partial charge in [-0.25, -0.2) is 5.43 Å². The molecule has 0 fully saturated rings. The van der Waals surface area contributed by atoms with Crippen molar-refractivity contribution in [3.8, 4) is 5.75 Å². The molecule has 0 saturated heterocycles. The van der Waals surface area contributed by atoms with E-state index in [4.69, 9.17) is 16.3 Å². The van der Waals surface area contributed by atoms with Crippen molar-refractivity contribution in [1.29, 1.82) is 0 Å². The Labute approximate surface area is 135 Å². The first-order chi connectivity index (χ1) is 10.1. The molecule has 0 aliphatic carbocycles. The third-order valence-corrected chi connectivity index (χ3v) is 3.15. The number of hydrogen-bond acceptors (Lipinski definition) is 3. The maximum atomic E-state index is 11.6. The van der Waals surface area contributed by atoms with E-state index in [1.54, 1.807) is 30.5 Å². The van der Waals surface area contributed by atoms with Crippen LogP contribution in [0.2, 0.25) is 5.02 Å². The number of nitrogens with one attached hydrogen (secondary N) is 1. The van der Waals surface area contributed by atoms with Crippen LogP contribution in [0.4, 0.5) is 0 Å². The number of hydrogen-bond donors (Lipinski definition) is 1. The predicted octanol–water partition coefficient (Wildman–Crippen LogP) is 3.63. The average Bonchev–Trinajstić information content (AvgIpc) is 2.45. The zero-order valence-electron chi connectivity index (χ0n) is 10.9. The van der Waals surface area contributed by atoms with E-state index in [-0.39, 0.29) is 12.5 Å². The smallest absolute Gasteiger partial charge is 0.277 e. The zero-order chi connectivity index (χ0) is 15.1. The molecule has 0 spiro atoms. The lowest BCUT2D eigenvalue weighted by atomic mass is 10.2. The van der Waals surface area contributed by atoms with Crippen LogP contribution >= 0.6 is 27.5 Å². The summed E-state index contributed by atoms with van der Waals surface area (Å²) in [6, 6.07) is 14.4. The Hall–Kier alpha value is -1.85. The predicted molar refractivity (Wildman–Crippen MR) is 86.8 cm³/mol. The van der Waals surface area contributed by atoms with Crippen LogP contribution in [0, 0.1) is 0 Å². The average molecular weight is 368 g/mol. The van der Waals surface area contributed by atoms with Gasteiger partial charge in [0.05, 0.1) is 6.21 Å². The summed E-state index contributed by atoms with van der Waals surface area (Å²) in [5, 5.41) is 4.42. The summed E-state index contributed by atoms with van der Waals surface area (Å²) < 4.78 is 6.24. The summed E-state index contributed by atoms with van der Waals surface area (Å²) >= 11 is 9.18. The molecule has 2 rings (SSSR count). The first kappa shape index (κ1) is 15.5. The second-order valence-electron chi connectivity index (χ2n) is 4.09. The molecule has 0 aliphatic heterocycles. The Balaban J connectivity index is 1.80. The van der Waals surface area contributed by atoms with Crippen molar-refractivity contribution >= 4 is 39.7 Å². The van der Waals surface area contributed by atoms with Gasteiger partial charge in [-0.1, -0.05) is 45.7 Å². The minimum Gasteiger partial charge on any atom is -0.484 e. The van der Waals surface area contributed by atoms with Crippen LogP contribution in [-0.4, -0.2) is 18.7 Å². The Morgan fingerprint density at radius 1 is 1.29 bits per heavy atom. The van der Waals surface area contributed by atoms with E-state index >= 15 is 0 Å². The normalized spacial score (nSPS) is 10.6. The SMILES string of the molecule is O=C(COc1cccc(Cl)c1)NN=Cc1cccc(Br)c1. The number of ether oxygens (including phenoxy) is 1. The third-order valence-electron chi connectivity index (χ3n) is 2.42. The van der Waals surface area contributed by atoms with Gasteiger partial charge in [-0.3, -0.25) is 4.79 Å². The van der Waals surface area contributed by atoms with Crippen LogP contribution in [0.5, 0.6) is 5.75 Å². The van der Waals surface area contributed by atoms with E-state index in [0.717, 1.165) is 10.0 Å². The molecule has 1 N–H and O–H groups in total. The molecule has 0 atom stereocenters. The van der Waals surface area contributed by atoms with Gasteiger partial charge in [-0.2, -0.15) is 5.10 Å². The van der Waals surface area contributed by atoms with E-state index in [0.29, 0.717) is 10.8 Å². The van der Waals surface area contributed by atoms with Gasteiger partial charge in [0.15, 0.2) is 6.61 Å². The topological polar surface area (TPSA) is 50.7 Å². The quantitative estimate of drug-likeness (QED) is 0.648. The van der Waals surface area contributed by atoms with Crippen molar-refractivity contribution in [3.63, 3.8) is 0 Å². The number of benzene rings is 2. The van der Waals surface area contributed by atoms with E-state index < -0.39 is 0 Å². The van der Waals surface area contributed by atoms with E-state index in [2.05, 4.69) is 26.5 Å². The number of carbonyl (C=O) groups excluding carboxylic acids is 1. The molecule has 21 heavy (non-hydrogen) atoms. The van der Waals surface area contributed by atoms with Crippen LogP contribution in [-0.2, 0) is 4.79 Å². The molecule has 1 amide bonds. The van der Waals surface area contributed by atoms with Gasteiger partial charge in [0.1, 0.15) is 5.75 Å². The van der Waals surface area contributed by atoms with Gasteiger partial charge in [0.25, 0.3) is 5.91 Å². The summed E-state index contributed by atoms with van der Waals surface area (Å²) in [4.78, 5) is 11.6. The molecule has 0 saturated carbocycles. The van der Waals surface area contributed by atoms with Gasteiger partial charge in [0, 0.05) is 9.50 Å². The maximum absolute atomic E-state index is 11.6. The molecule has 0 radical (unpaired) electrons. The van der Waals surface area contributed by atoms with E-state index in [9.17, 15) is 4.79 Å². The van der Waals surface area contributed by atoms with Crippen LogP contribution < -0.4 is 10.2 Å². The minimum atomic E-state index is -0.346. The molecule has 108 valence electrons. The minimum absolute atomic E-state index is 0.129. The lowest BCUT2D eigenvalue weighted by Gasteiger charge is -2.04. The Morgan fingerprint density at radius 3 is 2.86 bits per heavy atom. The van der Waals surface area contributed by atoms with Crippen LogP contribution in [0.3, 0.4) is 0 Å². The highest BCUT2D eigenvalue weighted by Gasteiger charge is 2.01. The van der Waals surface area contributed by atoms with Gasteiger partial charge in [0.2, 0.25) is 0 Å². The van der Waals surface area contributed by atoms with Crippen molar-refractivity contribution in [2.24, 2.45) is 5.10 Å². The first-order valence-electron chi connectivity index (χ1n) is 6.09. The fraction of sp³-hybridized carbons (Fsp3) is 0.0667. The lowest BCUT2D eigenvalue weighted by molar-refractivity contribution is -0.123. The molecular weight excluding hydrogens is 356 g/mol. The van der Waals surface area contributed by atoms with Crippen molar-refractivity contribution in [3.05, 3.63) is 63.6 Å². The number of amides is 1. The summed E-state index contributed by atoms with van der Waals surface area (Å²) in [5.74, 6) is 0.190. The van der Waals surface area contributed by atoms with Crippen molar-refractivity contribution < 1.29 is 9.53 Å². The molecular formula is C15H12BrClN2O2. The Kier molecular flexibility index (Phi) is 5.78.